The fraction of sp³-hybridized carbons (Fsp3) is 0.333. The predicted octanol–water partition coefficient (Wildman–Crippen LogP) is 5.13. The van der Waals surface area contributed by atoms with E-state index in [1.54, 1.807) is 0 Å². The maximum absolute atomic E-state index is 2.44. The Morgan fingerprint density at radius 1 is 1.06 bits per heavy atom. The number of rotatable bonds is 0. The molecule has 0 saturated heterocycles. The van der Waals surface area contributed by atoms with Crippen LogP contribution in [0.1, 0.15) is 43.9 Å². The first-order chi connectivity index (χ1) is 8.27. The van der Waals surface area contributed by atoms with Crippen molar-refractivity contribution in [2.45, 2.75) is 33.6 Å². The molecule has 0 aliphatic heterocycles. The third-order valence-electron chi connectivity index (χ3n) is 3.87. The molecule has 0 bridgehead atoms. The molecule has 18 heavy (non-hydrogen) atoms. The minimum absolute atomic E-state index is 0. The van der Waals surface area contributed by atoms with Gasteiger partial charge in [-0.1, -0.05) is 69.9 Å². The smallest absolute Gasteiger partial charge is 0.000196 e. The van der Waals surface area contributed by atoms with E-state index in [0.717, 1.165) is 6.42 Å². The van der Waals surface area contributed by atoms with Crippen LogP contribution in [0.3, 0.4) is 0 Å². The first kappa shape index (κ1) is 12.9. The number of hydrogen-bond donors (Lipinski definition) is 0. The van der Waals surface area contributed by atoms with Crippen LogP contribution in [0.15, 0.2) is 48.6 Å². The lowest BCUT2D eigenvalue weighted by atomic mass is 9.90. The molecule has 0 nitrogen and oxygen atoms in total. The normalized spacial score (nSPS) is 28.0. The molecule has 0 fully saturated rings. The Morgan fingerprint density at radius 2 is 1.89 bits per heavy atom. The molecule has 3 rings (SSSR count). The quantitative estimate of drug-likeness (QED) is 0.588. The SMILES string of the molecule is C.CC1/C=C\C=C/Cc2cccc3c2C1=CC3C. The standard InChI is InChI=1S/C17H18.CH4/c1-12-7-4-3-5-8-14-9-6-10-15-13(2)11-16(12)17(14)15;/h3-7,9-13H,8H2,1-2H3;1H4/b5-3-,7-4-;. The van der Waals surface area contributed by atoms with Crippen LogP contribution in [0.25, 0.3) is 5.57 Å². The van der Waals surface area contributed by atoms with Crippen LogP contribution < -0.4 is 0 Å². The molecule has 2 atom stereocenters. The van der Waals surface area contributed by atoms with Crippen LogP contribution in [-0.4, -0.2) is 0 Å². The summed E-state index contributed by atoms with van der Waals surface area (Å²) in [5.74, 6) is 1.09. The van der Waals surface area contributed by atoms with Crippen LogP contribution in [0.2, 0.25) is 0 Å². The van der Waals surface area contributed by atoms with Crippen molar-refractivity contribution in [3.63, 3.8) is 0 Å². The maximum atomic E-state index is 2.44. The average molecular weight is 238 g/mol. The third kappa shape index (κ3) is 1.96. The number of benzene rings is 1. The molecule has 94 valence electrons. The molecule has 0 heterocycles. The maximum Gasteiger partial charge on any atom is 0.000196 e. The van der Waals surface area contributed by atoms with E-state index in [1.807, 2.05) is 0 Å². The Hall–Kier alpha value is -1.56. The summed E-state index contributed by atoms with van der Waals surface area (Å²) in [6.07, 6.45) is 12.4. The van der Waals surface area contributed by atoms with Gasteiger partial charge in [0.25, 0.3) is 0 Å². The Labute approximate surface area is 111 Å². The predicted molar refractivity (Wildman–Crippen MR) is 80.7 cm³/mol. The van der Waals surface area contributed by atoms with Gasteiger partial charge in [0.2, 0.25) is 0 Å². The molecule has 1 aromatic carbocycles. The summed E-state index contributed by atoms with van der Waals surface area (Å²) in [4.78, 5) is 0. The summed E-state index contributed by atoms with van der Waals surface area (Å²) in [5, 5.41) is 0. The molecular formula is C18H22. The topological polar surface area (TPSA) is 0 Å². The van der Waals surface area contributed by atoms with Crippen molar-refractivity contribution in [1.82, 2.24) is 0 Å². The first-order valence-electron chi connectivity index (χ1n) is 6.44. The van der Waals surface area contributed by atoms with Gasteiger partial charge in [0.05, 0.1) is 0 Å². The molecular weight excluding hydrogens is 216 g/mol. The number of allylic oxidation sites excluding steroid dienone is 6. The molecule has 0 amide bonds. The van der Waals surface area contributed by atoms with E-state index in [4.69, 9.17) is 0 Å². The molecule has 0 saturated carbocycles. The van der Waals surface area contributed by atoms with E-state index in [-0.39, 0.29) is 7.43 Å². The van der Waals surface area contributed by atoms with Crippen molar-refractivity contribution in [3.8, 4) is 0 Å². The zero-order valence-electron chi connectivity index (χ0n) is 10.5. The van der Waals surface area contributed by atoms with Crippen molar-refractivity contribution >= 4 is 5.57 Å². The highest BCUT2D eigenvalue weighted by Gasteiger charge is 2.24. The van der Waals surface area contributed by atoms with E-state index >= 15 is 0 Å². The summed E-state index contributed by atoms with van der Waals surface area (Å²) in [5.41, 5.74) is 6.02. The van der Waals surface area contributed by atoms with Crippen molar-refractivity contribution in [2.24, 2.45) is 5.92 Å². The van der Waals surface area contributed by atoms with Gasteiger partial charge in [0.1, 0.15) is 0 Å². The van der Waals surface area contributed by atoms with Gasteiger partial charge < -0.3 is 0 Å². The summed E-state index contributed by atoms with van der Waals surface area (Å²) < 4.78 is 0. The van der Waals surface area contributed by atoms with Crippen LogP contribution >= 0.6 is 0 Å². The van der Waals surface area contributed by atoms with Crippen LogP contribution in [-0.2, 0) is 6.42 Å². The zero-order valence-corrected chi connectivity index (χ0v) is 10.5. The highest BCUT2D eigenvalue weighted by atomic mass is 14.3. The molecule has 1 aromatic rings. The van der Waals surface area contributed by atoms with Gasteiger partial charge in [0, 0.05) is 5.92 Å². The Balaban J connectivity index is 0.00000120. The van der Waals surface area contributed by atoms with E-state index < -0.39 is 0 Å². The molecule has 0 spiro atoms. The molecule has 0 aromatic heterocycles. The van der Waals surface area contributed by atoms with Gasteiger partial charge in [-0.15, -0.1) is 0 Å². The first-order valence-corrected chi connectivity index (χ1v) is 6.44. The van der Waals surface area contributed by atoms with E-state index in [2.05, 4.69) is 62.4 Å². The minimum atomic E-state index is 0. The van der Waals surface area contributed by atoms with Crippen LogP contribution in [0, 0.1) is 5.92 Å². The molecule has 0 radical (unpaired) electrons. The van der Waals surface area contributed by atoms with Gasteiger partial charge in [-0.3, -0.25) is 0 Å². The van der Waals surface area contributed by atoms with Gasteiger partial charge >= 0.3 is 0 Å². The van der Waals surface area contributed by atoms with E-state index in [1.165, 1.54) is 22.3 Å². The van der Waals surface area contributed by atoms with Crippen molar-refractivity contribution in [2.75, 3.05) is 0 Å². The highest BCUT2D eigenvalue weighted by molar-refractivity contribution is 5.79. The van der Waals surface area contributed by atoms with Crippen LogP contribution in [0.5, 0.6) is 0 Å². The lowest BCUT2D eigenvalue weighted by Crippen LogP contribution is -1.98. The second-order valence-electron chi connectivity index (χ2n) is 5.10. The van der Waals surface area contributed by atoms with Gasteiger partial charge in [0.15, 0.2) is 0 Å². The molecule has 0 N–H and O–H groups in total. The summed E-state index contributed by atoms with van der Waals surface area (Å²) in [6, 6.07) is 6.75. The van der Waals surface area contributed by atoms with E-state index in [0.29, 0.717) is 11.8 Å². The largest absolute Gasteiger partial charge is 0.0801 e. The van der Waals surface area contributed by atoms with Gasteiger partial charge in [-0.2, -0.15) is 0 Å². The minimum Gasteiger partial charge on any atom is -0.0801 e. The molecule has 0 heteroatoms. The zero-order chi connectivity index (χ0) is 11.8. The summed E-state index contributed by atoms with van der Waals surface area (Å²) >= 11 is 0. The van der Waals surface area contributed by atoms with Crippen molar-refractivity contribution in [3.05, 3.63) is 65.3 Å². The molecule has 2 unspecified atom stereocenters. The van der Waals surface area contributed by atoms with Crippen molar-refractivity contribution < 1.29 is 0 Å². The second-order valence-corrected chi connectivity index (χ2v) is 5.10. The Morgan fingerprint density at radius 3 is 2.72 bits per heavy atom. The van der Waals surface area contributed by atoms with Crippen LogP contribution in [0.4, 0.5) is 0 Å². The Bertz CT molecular complexity index is 529. The fourth-order valence-corrected chi connectivity index (χ4v) is 2.95. The fourth-order valence-electron chi connectivity index (χ4n) is 2.95. The average Bonchev–Trinajstić information content (AvgIpc) is 2.69. The third-order valence-corrected chi connectivity index (χ3v) is 3.87. The summed E-state index contributed by atoms with van der Waals surface area (Å²) in [7, 11) is 0. The summed E-state index contributed by atoms with van der Waals surface area (Å²) in [6.45, 7) is 4.59. The number of hydrogen-bond acceptors (Lipinski definition) is 0. The Kier molecular flexibility index (Phi) is 3.56. The monoisotopic (exact) mass is 238 g/mol. The van der Waals surface area contributed by atoms with Gasteiger partial charge in [-0.05, 0) is 34.6 Å². The van der Waals surface area contributed by atoms with E-state index in [9.17, 15) is 0 Å². The van der Waals surface area contributed by atoms with Gasteiger partial charge in [-0.25, -0.2) is 0 Å². The molecule has 2 aliphatic rings. The lowest BCUT2D eigenvalue weighted by molar-refractivity contribution is 0.959. The highest BCUT2D eigenvalue weighted by Crippen LogP contribution is 2.42. The lowest BCUT2D eigenvalue weighted by Gasteiger charge is -2.14. The second kappa shape index (κ2) is 4.97. The van der Waals surface area contributed by atoms with Crippen molar-refractivity contribution in [1.29, 1.82) is 0 Å². The molecule has 2 aliphatic carbocycles.